The average molecular weight is 393 g/mol. The highest BCUT2D eigenvalue weighted by Crippen LogP contribution is 2.36. The van der Waals surface area contributed by atoms with Gasteiger partial charge in [-0.2, -0.15) is 0 Å². The van der Waals surface area contributed by atoms with Gasteiger partial charge >= 0.3 is 6.03 Å². The number of ether oxygens (including phenoxy) is 1. The molecule has 3 amide bonds. The van der Waals surface area contributed by atoms with Gasteiger partial charge in [0, 0.05) is 10.4 Å². The van der Waals surface area contributed by atoms with Crippen LogP contribution in [0.15, 0.2) is 54.6 Å². The van der Waals surface area contributed by atoms with E-state index in [2.05, 4.69) is 10.6 Å². The van der Waals surface area contributed by atoms with Crippen molar-refractivity contribution in [1.82, 2.24) is 0 Å². The third kappa shape index (κ3) is 3.62. The Morgan fingerprint density at radius 3 is 2.54 bits per heavy atom. The topological polar surface area (TPSA) is 93.5 Å². The lowest BCUT2D eigenvalue weighted by atomic mass is 10.0. The number of benzene rings is 2. The molecule has 6 nitrogen and oxygen atoms in total. The van der Waals surface area contributed by atoms with Crippen molar-refractivity contribution in [3.63, 3.8) is 0 Å². The number of carbonyl (C=O) groups is 2. The molecule has 0 radical (unpaired) electrons. The van der Waals surface area contributed by atoms with E-state index in [4.69, 9.17) is 10.5 Å². The number of nitrogens with two attached hydrogens (primary N) is 1. The van der Waals surface area contributed by atoms with Crippen LogP contribution < -0.4 is 16.4 Å². The van der Waals surface area contributed by atoms with Gasteiger partial charge in [-0.15, -0.1) is 11.3 Å². The van der Waals surface area contributed by atoms with E-state index in [0.29, 0.717) is 35.9 Å². The molecule has 7 heteroatoms. The minimum Gasteiger partial charge on any atom is -0.376 e. The Morgan fingerprint density at radius 1 is 1.00 bits per heavy atom. The van der Waals surface area contributed by atoms with Crippen LogP contribution in [0.1, 0.15) is 20.8 Å². The number of amides is 3. The van der Waals surface area contributed by atoms with Crippen LogP contribution in [0.2, 0.25) is 0 Å². The van der Waals surface area contributed by atoms with Crippen LogP contribution in [0.4, 0.5) is 15.5 Å². The highest BCUT2D eigenvalue weighted by molar-refractivity contribution is 7.17. The van der Waals surface area contributed by atoms with Crippen molar-refractivity contribution in [3.8, 4) is 11.1 Å². The largest absolute Gasteiger partial charge is 0.376 e. The summed E-state index contributed by atoms with van der Waals surface area (Å²) in [5, 5.41) is 6.12. The molecule has 4 rings (SSSR count). The van der Waals surface area contributed by atoms with E-state index in [0.717, 1.165) is 21.6 Å². The van der Waals surface area contributed by atoms with Gasteiger partial charge in [-0.25, -0.2) is 4.79 Å². The number of para-hydroxylation sites is 1. The fraction of sp³-hybridized carbons (Fsp3) is 0.143. The minimum absolute atomic E-state index is 0.384. The minimum atomic E-state index is -0.542. The van der Waals surface area contributed by atoms with Gasteiger partial charge < -0.3 is 15.8 Å². The van der Waals surface area contributed by atoms with E-state index in [9.17, 15) is 9.59 Å². The second-order valence-corrected chi connectivity index (χ2v) is 7.47. The number of urea groups is 1. The zero-order valence-electron chi connectivity index (χ0n) is 15.0. The van der Waals surface area contributed by atoms with Crippen molar-refractivity contribution in [2.24, 2.45) is 5.73 Å². The second-order valence-electron chi connectivity index (χ2n) is 6.37. The third-order valence-corrected chi connectivity index (χ3v) is 5.67. The average Bonchev–Trinajstić information content (AvgIpc) is 3.07. The number of anilines is 2. The van der Waals surface area contributed by atoms with Gasteiger partial charge in [-0.1, -0.05) is 48.5 Å². The van der Waals surface area contributed by atoms with Crippen molar-refractivity contribution in [2.75, 3.05) is 17.2 Å². The first-order valence-corrected chi connectivity index (χ1v) is 9.69. The Balaban J connectivity index is 1.58. The van der Waals surface area contributed by atoms with Crippen molar-refractivity contribution in [3.05, 3.63) is 70.6 Å². The standard InChI is InChI=1S/C21H19N3O3S/c22-19(25)18-15-10-11-27-12-17(15)28-20(18)24-21(26)23-16-9-5-4-8-14(16)13-6-2-1-3-7-13/h1-9H,10-12H2,(H2,22,25)(H2,23,24,26). The van der Waals surface area contributed by atoms with E-state index < -0.39 is 11.9 Å². The number of primary amides is 1. The van der Waals surface area contributed by atoms with Crippen LogP contribution in [0.25, 0.3) is 11.1 Å². The predicted octanol–water partition coefficient (Wildman–Crippen LogP) is 4.23. The molecule has 4 N–H and O–H groups in total. The molecular formula is C21H19N3O3S. The van der Waals surface area contributed by atoms with Crippen LogP contribution in [0.3, 0.4) is 0 Å². The van der Waals surface area contributed by atoms with Gasteiger partial charge in [0.1, 0.15) is 5.00 Å². The van der Waals surface area contributed by atoms with Gasteiger partial charge in [-0.05, 0) is 23.6 Å². The van der Waals surface area contributed by atoms with Gasteiger partial charge in [-0.3, -0.25) is 10.1 Å². The summed E-state index contributed by atoms with van der Waals surface area (Å²) in [4.78, 5) is 25.5. The third-order valence-electron chi connectivity index (χ3n) is 4.55. The summed E-state index contributed by atoms with van der Waals surface area (Å²) in [6.07, 6.45) is 0.615. The molecule has 142 valence electrons. The van der Waals surface area contributed by atoms with Crippen molar-refractivity contribution >= 4 is 34.0 Å². The molecule has 2 aromatic carbocycles. The van der Waals surface area contributed by atoms with Crippen molar-refractivity contribution in [1.29, 1.82) is 0 Å². The fourth-order valence-electron chi connectivity index (χ4n) is 3.30. The van der Waals surface area contributed by atoms with E-state index >= 15 is 0 Å². The summed E-state index contributed by atoms with van der Waals surface area (Å²) in [6.45, 7) is 0.973. The van der Waals surface area contributed by atoms with Crippen molar-refractivity contribution in [2.45, 2.75) is 13.0 Å². The van der Waals surface area contributed by atoms with Crippen molar-refractivity contribution < 1.29 is 14.3 Å². The van der Waals surface area contributed by atoms with Crippen LogP contribution in [-0.4, -0.2) is 18.5 Å². The van der Waals surface area contributed by atoms with E-state index in [-0.39, 0.29) is 0 Å². The first-order chi connectivity index (χ1) is 13.6. The molecule has 0 bridgehead atoms. The lowest BCUT2D eigenvalue weighted by Gasteiger charge is -2.13. The molecule has 1 aliphatic rings. The summed E-state index contributed by atoms with van der Waals surface area (Å²) in [7, 11) is 0. The zero-order valence-corrected chi connectivity index (χ0v) is 15.8. The molecule has 0 aliphatic carbocycles. The van der Waals surface area contributed by atoms with Crippen LogP contribution >= 0.6 is 11.3 Å². The molecule has 0 spiro atoms. The Morgan fingerprint density at radius 2 is 1.75 bits per heavy atom. The Bertz CT molecular complexity index is 1030. The number of nitrogens with one attached hydrogen (secondary N) is 2. The van der Waals surface area contributed by atoms with Crippen LogP contribution in [-0.2, 0) is 17.8 Å². The summed E-state index contributed by atoms with van der Waals surface area (Å²) in [5.74, 6) is -0.542. The lowest BCUT2D eigenvalue weighted by molar-refractivity contribution is 0.0991. The molecule has 3 aromatic rings. The fourth-order valence-corrected chi connectivity index (χ4v) is 4.48. The van der Waals surface area contributed by atoms with E-state index in [1.807, 2.05) is 54.6 Å². The zero-order chi connectivity index (χ0) is 19.5. The molecule has 0 saturated heterocycles. The maximum Gasteiger partial charge on any atom is 0.324 e. The number of hydrogen-bond donors (Lipinski definition) is 3. The van der Waals surface area contributed by atoms with Crippen LogP contribution in [0.5, 0.6) is 0 Å². The molecule has 1 aromatic heterocycles. The molecule has 28 heavy (non-hydrogen) atoms. The maximum absolute atomic E-state index is 12.7. The first-order valence-electron chi connectivity index (χ1n) is 8.88. The molecule has 0 fully saturated rings. The smallest absolute Gasteiger partial charge is 0.324 e. The second kappa shape index (κ2) is 7.84. The highest BCUT2D eigenvalue weighted by atomic mass is 32.1. The number of fused-ring (bicyclic) bond motifs is 1. The monoisotopic (exact) mass is 393 g/mol. The normalized spacial score (nSPS) is 12.9. The number of hydrogen-bond acceptors (Lipinski definition) is 4. The summed E-state index contributed by atoms with van der Waals surface area (Å²) in [5.41, 5.74) is 9.42. The number of thiophene rings is 1. The maximum atomic E-state index is 12.7. The summed E-state index contributed by atoms with van der Waals surface area (Å²) < 4.78 is 5.44. The Hall–Kier alpha value is -3.16. The molecule has 0 saturated carbocycles. The van der Waals surface area contributed by atoms with E-state index in [1.54, 1.807) is 0 Å². The van der Waals surface area contributed by atoms with Gasteiger partial charge in [0.15, 0.2) is 0 Å². The molecule has 1 aliphatic heterocycles. The van der Waals surface area contributed by atoms with Crippen LogP contribution in [0, 0.1) is 0 Å². The van der Waals surface area contributed by atoms with Gasteiger partial charge in [0.05, 0.1) is 24.5 Å². The quantitative estimate of drug-likeness (QED) is 0.619. The number of rotatable bonds is 4. The Kier molecular flexibility index (Phi) is 5.10. The summed E-state index contributed by atoms with van der Waals surface area (Å²) in [6, 6.07) is 16.9. The SMILES string of the molecule is NC(=O)c1c(NC(=O)Nc2ccccc2-c2ccccc2)sc2c1CCOC2. The summed E-state index contributed by atoms with van der Waals surface area (Å²) >= 11 is 1.33. The molecular weight excluding hydrogens is 374 g/mol. The lowest BCUT2D eigenvalue weighted by Crippen LogP contribution is -2.22. The molecule has 0 atom stereocenters. The number of carbonyl (C=O) groups excluding carboxylic acids is 2. The van der Waals surface area contributed by atoms with Gasteiger partial charge in [0.2, 0.25) is 0 Å². The predicted molar refractivity (Wildman–Crippen MR) is 111 cm³/mol. The first kappa shape index (κ1) is 18.2. The highest BCUT2D eigenvalue weighted by Gasteiger charge is 2.25. The molecule has 2 heterocycles. The molecule has 0 unspecified atom stereocenters. The van der Waals surface area contributed by atoms with Gasteiger partial charge in [0.25, 0.3) is 5.91 Å². The van der Waals surface area contributed by atoms with E-state index in [1.165, 1.54) is 11.3 Å². The Labute approximate surface area is 166 Å².